The number of nitrogens with zero attached hydrogens (tertiary/aromatic N) is 1. The van der Waals surface area contributed by atoms with Crippen LogP contribution >= 0.6 is 0 Å². The highest BCUT2D eigenvalue weighted by atomic mass is 16.5. The van der Waals surface area contributed by atoms with Crippen LogP contribution in [0, 0.1) is 0 Å². The van der Waals surface area contributed by atoms with Crippen molar-refractivity contribution in [3.05, 3.63) is 0 Å². The molecule has 1 rings (SSSR count). The summed E-state index contributed by atoms with van der Waals surface area (Å²) >= 11 is 0. The standard InChI is InChI=1S/C11H22N2O4/c1-16-9-10(2-5-14)12-8-11(15)13-3-6-17-7-4-13/h10,12,14H,2-9H2,1H3. The molecule has 1 atom stereocenters. The Morgan fingerprint density at radius 3 is 2.82 bits per heavy atom. The van der Waals surface area contributed by atoms with Gasteiger partial charge in [0.2, 0.25) is 5.91 Å². The van der Waals surface area contributed by atoms with Crippen LogP contribution in [0.15, 0.2) is 0 Å². The first kappa shape index (κ1) is 14.4. The van der Waals surface area contributed by atoms with Crippen molar-refractivity contribution in [2.75, 3.05) is 53.2 Å². The van der Waals surface area contributed by atoms with Gasteiger partial charge in [-0.15, -0.1) is 0 Å². The largest absolute Gasteiger partial charge is 0.396 e. The van der Waals surface area contributed by atoms with E-state index < -0.39 is 0 Å². The van der Waals surface area contributed by atoms with E-state index in [9.17, 15) is 4.79 Å². The average molecular weight is 246 g/mol. The fraction of sp³-hybridized carbons (Fsp3) is 0.909. The molecule has 0 bridgehead atoms. The van der Waals surface area contributed by atoms with Crippen LogP contribution in [0.2, 0.25) is 0 Å². The van der Waals surface area contributed by atoms with Gasteiger partial charge in [-0.2, -0.15) is 0 Å². The van der Waals surface area contributed by atoms with Crippen molar-refractivity contribution >= 4 is 5.91 Å². The number of carbonyl (C=O) groups excluding carboxylic acids is 1. The van der Waals surface area contributed by atoms with E-state index in [0.717, 1.165) is 0 Å². The van der Waals surface area contributed by atoms with Gasteiger partial charge in [0.1, 0.15) is 0 Å². The van der Waals surface area contributed by atoms with E-state index >= 15 is 0 Å². The third-order valence-electron chi connectivity index (χ3n) is 2.75. The molecule has 6 nitrogen and oxygen atoms in total. The van der Waals surface area contributed by atoms with Gasteiger partial charge in [-0.05, 0) is 6.42 Å². The van der Waals surface area contributed by atoms with Crippen molar-refractivity contribution in [3.63, 3.8) is 0 Å². The molecule has 1 unspecified atom stereocenters. The lowest BCUT2D eigenvalue weighted by atomic mass is 10.2. The van der Waals surface area contributed by atoms with E-state index in [-0.39, 0.29) is 25.1 Å². The molecule has 0 aromatic rings. The lowest BCUT2D eigenvalue weighted by Crippen LogP contribution is -2.47. The van der Waals surface area contributed by atoms with E-state index in [1.165, 1.54) is 0 Å². The fourth-order valence-corrected chi connectivity index (χ4v) is 1.76. The Kier molecular flexibility index (Phi) is 7.11. The number of hydrogen-bond donors (Lipinski definition) is 2. The molecule has 17 heavy (non-hydrogen) atoms. The number of hydrogen-bond acceptors (Lipinski definition) is 5. The molecule has 0 aromatic carbocycles. The predicted octanol–water partition coefficient (Wildman–Crippen LogP) is -1.17. The Morgan fingerprint density at radius 2 is 2.24 bits per heavy atom. The molecular weight excluding hydrogens is 224 g/mol. The lowest BCUT2D eigenvalue weighted by Gasteiger charge is -2.27. The number of aliphatic hydroxyl groups excluding tert-OH is 1. The molecule has 1 amide bonds. The minimum absolute atomic E-state index is 0.0231. The maximum atomic E-state index is 11.8. The molecule has 0 saturated carbocycles. The maximum absolute atomic E-state index is 11.8. The van der Waals surface area contributed by atoms with Crippen molar-refractivity contribution in [1.82, 2.24) is 10.2 Å². The summed E-state index contributed by atoms with van der Waals surface area (Å²) in [5.74, 6) is 0.0762. The van der Waals surface area contributed by atoms with Crippen LogP contribution in [-0.4, -0.2) is 75.1 Å². The van der Waals surface area contributed by atoms with Crippen molar-refractivity contribution in [2.45, 2.75) is 12.5 Å². The van der Waals surface area contributed by atoms with E-state index in [1.54, 1.807) is 12.0 Å². The van der Waals surface area contributed by atoms with E-state index in [2.05, 4.69) is 5.32 Å². The minimum atomic E-state index is 0.0231. The predicted molar refractivity (Wildman–Crippen MR) is 62.8 cm³/mol. The van der Waals surface area contributed by atoms with E-state index in [0.29, 0.717) is 39.3 Å². The van der Waals surface area contributed by atoms with Gasteiger partial charge in [0.05, 0.1) is 26.4 Å². The van der Waals surface area contributed by atoms with Crippen LogP contribution in [0.4, 0.5) is 0 Å². The van der Waals surface area contributed by atoms with Crippen molar-refractivity contribution in [3.8, 4) is 0 Å². The maximum Gasteiger partial charge on any atom is 0.236 e. The summed E-state index contributed by atoms with van der Waals surface area (Å²) in [5, 5.41) is 12.0. The zero-order chi connectivity index (χ0) is 12.5. The van der Waals surface area contributed by atoms with Crippen molar-refractivity contribution in [1.29, 1.82) is 0 Å². The number of amides is 1. The summed E-state index contributed by atoms with van der Waals surface area (Å²) in [4.78, 5) is 13.6. The van der Waals surface area contributed by atoms with Crippen LogP contribution in [0.3, 0.4) is 0 Å². The minimum Gasteiger partial charge on any atom is -0.396 e. The molecule has 1 fully saturated rings. The number of aliphatic hydroxyl groups is 1. The molecule has 0 radical (unpaired) electrons. The highest BCUT2D eigenvalue weighted by molar-refractivity contribution is 5.78. The molecule has 2 N–H and O–H groups in total. The molecule has 1 saturated heterocycles. The fourth-order valence-electron chi connectivity index (χ4n) is 1.76. The van der Waals surface area contributed by atoms with Gasteiger partial charge in [0.25, 0.3) is 0 Å². The van der Waals surface area contributed by atoms with E-state index in [4.69, 9.17) is 14.6 Å². The summed E-state index contributed by atoms with van der Waals surface area (Å²) < 4.78 is 10.2. The second-order valence-electron chi connectivity index (χ2n) is 4.04. The number of nitrogens with one attached hydrogen (secondary N) is 1. The first-order valence-corrected chi connectivity index (χ1v) is 5.96. The van der Waals surface area contributed by atoms with Gasteiger partial charge in [-0.1, -0.05) is 0 Å². The van der Waals surface area contributed by atoms with Crippen molar-refractivity contribution in [2.24, 2.45) is 0 Å². The molecule has 0 aliphatic carbocycles. The van der Waals surface area contributed by atoms with Gasteiger partial charge < -0.3 is 24.8 Å². The van der Waals surface area contributed by atoms with Crippen LogP contribution < -0.4 is 5.32 Å². The second-order valence-corrected chi connectivity index (χ2v) is 4.04. The zero-order valence-electron chi connectivity index (χ0n) is 10.4. The Labute approximate surface area is 102 Å². The van der Waals surface area contributed by atoms with Crippen molar-refractivity contribution < 1.29 is 19.4 Å². The molecule has 1 aliphatic rings. The highest BCUT2D eigenvalue weighted by Crippen LogP contribution is 1.98. The Balaban J connectivity index is 2.24. The molecule has 1 aliphatic heterocycles. The topological polar surface area (TPSA) is 71.0 Å². The molecule has 100 valence electrons. The van der Waals surface area contributed by atoms with Crippen LogP contribution in [0.5, 0.6) is 0 Å². The normalized spacial score (nSPS) is 18.1. The number of rotatable bonds is 7. The summed E-state index contributed by atoms with van der Waals surface area (Å²) in [7, 11) is 1.61. The Bertz CT molecular complexity index is 214. The molecular formula is C11H22N2O4. The summed E-state index contributed by atoms with van der Waals surface area (Å²) in [6.45, 7) is 3.43. The van der Waals surface area contributed by atoms with Gasteiger partial charge in [-0.25, -0.2) is 0 Å². The van der Waals surface area contributed by atoms with Crippen LogP contribution in [-0.2, 0) is 14.3 Å². The van der Waals surface area contributed by atoms with E-state index in [1.807, 2.05) is 0 Å². The van der Waals surface area contributed by atoms with Crippen LogP contribution in [0.1, 0.15) is 6.42 Å². The third kappa shape index (κ3) is 5.45. The SMILES string of the molecule is COCC(CCO)NCC(=O)N1CCOCC1. The molecule has 1 heterocycles. The monoisotopic (exact) mass is 246 g/mol. The number of ether oxygens (including phenoxy) is 2. The Hall–Kier alpha value is -0.690. The Morgan fingerprint density at radius 1 is 1.53 bits per heavy atom. The average Bonchev–Trinajstić information content (AvgIpc) is 2.37. The van der Waals surface area contributed by atoms with Gasteiger partial charge in [-0.3, -0.25) is 4.79 Å². The van der Waals surface area contributed by atoms with Gasteiger partial charge >= 0.3 is 0 Å². The van der Waals surface area contributed by atoms with Gasteiger partial charge in [0.15, 0.2) is 0 Å². The smallest absolute Gasteiger partial charge is 0.236 e. The number of carbonyl (C=O) groups is 1. The molecule has 6 heteroatoms. The highest BCUT2D eigenvalue weighted by Gasteiger charge is 2.17. The number of methoxy groups -OCH3 is 1. The lowest BCUT2D eigenvalue weighted by molar-refractivity contribution is -0.134. The third-order valence-corrected chi connectivity index (χ3v) is 2.75. The summed E-state index contributed by atoms with van der Waals surface area (Å²) in [5.41, 5.74) is 0. The second kappa shape index (κ2) is 8.41. The number of morpholine rings is 1. The quantitative estimate of drug-likeness (QED) is 0.592. The first-order chi connectivity index (χ1) is 8.27. The summed E-state index contributed by atoms with van der Waals surface area (Å²) in [6, 6.07) is 0.0231. The first-order valence-electron chi connectivity index (χ1n) is 5.96. The van der Waals surface area contributed by atoms with Crippen LogP contribution in [0.25, 0.3) is 0 Å². The zero-order valence-corrected chi connectivity index (χ0v) is 10.4. The molecule has 0 spiro atoms. The van der Waals surface area contributed by atoms with Gasteiger partial charge in [0, 0.05) is 32.8 Å². The summed E-state index contributed by atoms with van der Waals surface area (Å²) in [6.07, 6.45) is 0.588. The molecule has 0 aromatic heterocycles.